The molecule has 4 nitrogen and oxygen atoms in total. The van der Waals surface area contributed by atoms with Gasteiger partial charge in [-0.2, -0.15) is 10.4 Å². The van der Waals surface area contributed by atoms with Crippen molar-refractivity contribution in [3.63, 3.8) is 0 Å². The van der Waals surface area contributed by atoms with Crippen LogP contribution in [-0.4, -0.2) is 16.3 Å². The fourth-order valence-corrected chi connectivity index (χ4v) is 1.31. The normalized spacial score (nSPS) is 19.8. The first-order valence-electron chi connectivity index (χ1n) is 3.98. The van der Waals surface area contributed by atoms with Gasteiger partial charge in [0.25, 0.3) is 0 Å². The van der Waals surface area contributed by atoms with Crippen molar-refractivity contribution in [3.8, 4) is 6.07 Å². The summed E-state index contributed by atoms with van der Waals surface area (Å²) in [5.74, 6) is 0. The second-order valence-corrected chi connectivity index (χ2v) is 2.99. The van der Waals surface area contributed by atoms with Crippen molar-refractivity contribution in [1.82, 2.24) is 15.1 Å². The predicted octanol–water partition coefficient (Wildman–Crippen LogP) is 0.748. The number of nitrogens with one attached hydrogen (secondary N) is 1. The number of aryl methyl sites for hydroxylation is 1. The molecule has 70 valence electrons. The molecule has 0 bridgehead atoms. The summed E-state index contributed by atoms with van der Waals surface area (Å²) in [6.45, 7) is 1.06. The van der Waals surface area contributed by atoms with Gasteiger partial charge in [-0.1, -0.05) is 0 Å². The van der Waals surface area contributed by atoms with Crippen LogP contribution in [0.2, 0.25) is 0 Å². The van der Waals surface area contributed by atoms with E-state index >= 15 is 0 Å². The molecule has 0 radical (unpaired) electrons. The van der Waals surface area contributed by atoms with Gasteiger partial charge >= 0.3 is 0 Å². The third-order valence-electron chi connectivity index (χ3n) is 2.19. The Morgan fingerprint density at radius 1 is 1.77 bits per heavy atom. The molecule has 1 saturated heterocycles. The van der Waals surface area contributed by atoms with Gasteiger partial charge in [0, 0.05) is 7.05 Å². The molecule has 0 amide bonds. The molecule has 2 rings (SSSR count). The largest absolute Gasteiger partial charge is 0.308 e. The summed E-state index contributed by atoms with van der Waals surface area (Å²) in [6.07, 6.45) is 1.13. The highest BCUT2D eigenvalue weighted by molar-refractivity contribution is 5.85. The fraction of sp³-hybridized carbons (Fsp3) is 0.500. The Labute approximate surface area is 83.0 Å². The smallest absolute Gasteiger partial charge is 0.138 e. The molecule has 5 heteroatoms. The number of hydrogen-bond acceptors (Lipinski definition) is 3. The second kappa shape index (κ2) is 3.77. The van der Waals surface area contributed by atoms with Crippen LogP contribution in [-0.2, 0) is 7.05 Å². The zero-order valence-corrected chi connectivity index (χ0v) is 8.14. The Balaban J connectivity index is 0.000000845. The summed E-state index contributed by atoms with van der Waals surface area (Å²) in [6, 6.07) is 4.31. The number of halogens is 1. The number of hydrogen-bond donors (Lipinski definition) is 1. The van der Waals surface area contributed by atoms with Crippen LogP contribution < -0.4 is 5.32 Å². The molecule has 1 aromatic heterocycles. The summed E-state index contributed by atoms with van der Waals surface area (Å²) >= 11 is 0. The lowest BCUT2D eigenvalue weighted by Gasteiger charge is -2.25. The second-order valence-electron chi connectivity index (χ2n) is 2.99. The molecular formula is C8H11ClN4. The maximum atomic E-state index is 8.67. The topological polar surface area (TPSA) is 53.6 Å². The van der Waals surface area contributed by atoms with Crippen molar-refractivity contribution in [2.24, 2.45) is 7.05 Å². The van der Waals surface area contributed by atoms with E-state index in [1.54, 1.807) is 11.7 Å². The average Bonchev–Trinajstić information content (AvgIpc) is 2.27. The van der Waals surface area contributed by atoms with Gasteiger partial charge < -0.3 is 5.32 Å². The molecule has 1 aliphatic heterocycles. The minimum Gasteiger partial charge on any atom is -0.308 e. The highest BCUT2D eigenvalue weighted by Gasteiger charge is 2.21. The van der Waals surface area contributed by atoms with Gasteiger partial charge in [-0.25, -0.2) is 0 Å². The van der Waals surface area contributed by atoms with Crippen LogP contribution in [0.3, 0.4) is 0 Å². The first-order valence-corrected chi connectivity index (χ1v) is 3.98. The molecule has 1 N–H and O–H groups in total. The summed E-state index contributed by atoms with van der Waals surface area (Å²) in [4.78, 5) is 0. The maximum Gasteiger partial charge on any atom is 0.138 e. The van der Waals surface area contributed by atoms with E-state index in [9.17, 15) is 0 Å². The molecule has 1 aliphatic rings. The van der Waals surface area contributed by atoms with Crippen LogP contribution in [0.4, 0.5) is 0 Å². The fourth-order valence-electron chi connectivity index (χ4n) is 1.31. The Morgan fingerprint density at radius 2 is 2.46 bits per heavy atom. The average molecular weight is 199 g/mol. The molecule has 1 unspecified atom stereocenters. The van der Waals surface area contributed by atoms with Gasteiger partial charge in [0.05, 0.1) is 11.7 Å². The molecule has 1 fully saturated rings. The first kappa shape index (κ1) is 10.0. The predicted molar refractivity (Wildman–Crippen MR) is 50.5 cm³/mol. The molecule has 0 aromatic carbocycles. The van der Waals surface area contributed by atoms with Crippen molar-refractivity contribution in [3.05, 3.63) is 17.5 Å². The van der Waals surface area contributed by atoms with E-state index in [1.807, 2.05) is 6.07 Å². The van der Waals surface area contributed by atoms with E-state index in [4.69, 9.17) is 5.26 Å². The number of nitrogens with zero attached hydrogens (tertiary/aromatic N) is 3. The third-order valence-corrected chi connectivity index (χ3v) is 2.19. The molecule has 13 heavy (non-hydrogen) atoms. The zero-order valence-electron chi connectivity index (χ0n) is 7.32. The molecule has 1 aromatic rings. The molecule has 0 spiro atoms. The van der Waals surface area contributed by atoms with Crippen molar-refractivity contribution >= 4 is 12.4 Å². The van der Waals surface area contributed by atoms with E-state index in [0.717, 1.165) is 18.7 Å². The van der Waals surface area contributed by atoms with Gasteiger partial charge in [-0.3, -0.25) is 4.68 Å². The Bertz CT molecular complexity index is 334. The summed E-state index contributed by atoms with van der Waals surface area (Å²) < 4.78 is 1.62. The van der Waals surface area contributed by atoms with Gasteiger partial charge in [0.15, 0.2) is 0 Å². The third kappa shape index (κ3) is 1.67. The number of rotatable bonds is 1. The van der Waals surface area contributed by atoms with Crippen LogP contribution in [0.5, 0.6) is 0 Å². The maximum absolute atomic E-state index is 8.67. The molecule has 0 aliphatic carbocycles. The molecule has 0 saturated carbocycles. The van der Waals surface area contributed by atoms with Crippen LogP contribution in [0.15, 0.2) is 6.07 Å². The minimum atomic E-state index is 0. The Morgan fingerprint density at radius 3 is 2.85 bits per heavy atom. The molecular weight excluding hydrogens is 188 g/mol. The van der Waals surface area contributed by atoms with Crippen LogP contribution in [0.25, 0.3) is 0 Å². The number of nitriles is 1. The quantitative estimate of drug-likeness (QED) is 0.725. The highest BCUT2D eigenvalue weighted by atomic mass is 35.5. The lowest BCUT2D eigenvalue weighted by atomic mass is 10.0. The molecule has 1 atom stereocenters. The first-order chi connectivity index (χ1) is 5.81. The van der Waals surface area contributed by atoms with Crippen molar-refractivity contribution < 1.29 is 0 Å². The van der Waals surface area contributed by atoms with Gasteiger partial charge in [-0.15, -0.1) is 12.4 Å². The lowest BCUT2D eigenvalue weighted by molar-refractivity contribution is 0.372. The summed E-state index contributed by atoms with van der Waals surface area (Å²) in [5, 5.41) is 16.1. The minimum absolute atomic E-state index is 0. The standard InChI is InChI=1S/C8H10N4.ClH/c1-12-6(5-9)4-8(11-12)7-2-3-10-7;/h4,7,10H,2-3H2,1H3;1H. The van der Waals surface area contributed by atoms with Gasteiger partial charge in [0.1, 0.15) is 11.8 Å². The van der Waals surface area contributed by atoms with Crippen LogP contribution >= 0.6 is 12.4 Å². The van der Waals surface area contributed by atoms with Gasteiger partial charge in [0.2, 0.25) is 0 Å². The van der Waals surface area contributed by atoms with Crippen LogP contribution in [0, 0.1) is 11.3 Å². The van der Waals surface area contributed by atoms with E-state index in [0.29, 0.717) is 11.7 Å². The monoisotopic (exact) mass is 198 g/mol. The van der Waals surface area contributed by atoms with Crippen molar-refractivity contribution in [1.29, 1.82) is 5.26 Å². The van der Waals surface area contributed by atoms with Crippen LogP contribution in [0.1, 0.15) is 23.9 Å². The van der Waals surface area contributed by atoms with E-state index in [2.05, 4.69) is 16.5 Å². The van der Waals surface area contributed by atoms with Crippen molar-refractivity contribution in [2.75, 3.05) is 6.54 Å². The Hall–Kier alpha value is -1.05. The summed E-state index contributed by atoms with van der Waals surface area (Å²) in [7, 11) is 1.79. The highest BCUT2D eigenvalue weighted by Crippen LogP contribution is 2.21. The zero-order chi connectivity index (χ0) is 8.55. The van der Waals surface area contributed by atoms with E-state index in [1.165, 1.54) is 0 Å². The van der Waals surface area contributed by atoms with Gasteiger partial charge in [-0.05, 0) is 19.0 Å². The molecule has 2 heterocycles. The SMILES string of the molecule is Cl.Cn1nc(C2CCN2)cc1C#N. The summed E-state index contributed by atoms with van der Waals surface area (Å²) in [5.41, 5.74) is 1.61. The lowest BCUT2D eigenvalue weighted by Crippen LogP contribution is -2.35. The Kier molecular flexibility index (Phi) is 2.91. The number of aromatic nitrogens is 2. The van der Waals surface area contributed by atoms with E-state index < -0.39 is 0 Å². The van der Waals surface area contributed by atoms with E-state index in [-0.39, 0.29) is 12.4 Å². The van der Waals surface area contributed by atoms with Crippen molar-refractivity contribution in [2.45, 2.75) is 12.5 Å².